The largest absolute Gasteiger partial charge is 0.497 e. The Morgan fingerprint density at radius 2 is 1.49 bits per heavy atom. The number of carbonyl (C=O) groups excluding carboxylic acids is 2. The van der Waals surface area contributed by atoms with Gasteiger partial charge in [0, 0.05) is 26.2 Å². The van der Waals surface area contributed by atoms with Crippen molar-refractivity contribution in [1.82, 2.24) is 9.80 Å². The second kappa shape index (κ2) is 15.5. The van der Waals surface area contributed by atoms with Crippen LogP contribution in [0.5, 0.6) is 23.0 Å². The minimum Gasteiger partial charge on any atom is -0.497 e. The van der Waals surface area contributed by atoms with Crippen molar-refractivity contribution >= 4 is 11.9 Å². The third kappa shape index (κ3) is 8.74. The molecule has 1 fully saturated rings. The zero-order valence-corrected chi connectivity index (χ0v) is 24.4. The molecule has 4 rings (SSSR count). The Morgan fingerprint density at radius 1 is 0.780 bits per heavy atom. The quantitative estimate of drug-likeness (QED) is 0.490. The van der Waals surface area contributed by atoms with Gasteiger partial charge in [-0.15, -0.1) is 0 Å². The maximum Gasteiger partial charge on any atom is 0.338 e. The van der Waals surface area contributed by atoms with E-state index >= 15 is 0 Å². The molecule has 10 nitrogen and oxygen atoms in total. The maximum atomic E-state index is 13.0. The van der Waals surface area contributed by atoms with E-state index in [1.807, 2.05) is 0 Å². The van der Waals surface area contributed by atoms with Gasteiger partial charge in [-0.05, 0) is 81.6 Å². The number of nitrogens with zero attached hydrogens (tertiary/aromatic N) is 2. The summed E-state index contributed by atoms with van der Waals surface area (Å²) in [5.74, 6) is 1.10. The first-order chi connectivity index (χ1) is 20.0. The molecule has 10 heteroatoms. The van der Waals surface area contributed by atoms with Gasteiger partial charge >= 0.3 is 11.9 Å². The number of rotatable bonds is 5. The zero-order valence-electron chi connectivity index (χ0n) is 24.4. The number of methoxy groups -OCH3 is 3. The number of benzene rings is 2. The average molecular weight is 571 g/mol. The van der Waals surface area contributed by atoms with Gasteiger partial charge in [-0.3, -0.25) is 0 Å². The maximum absolute atomic E-state index is 13.0. The van der Waals surface area contributed by atoms with Crippen LogP contribution >= 0.6 is 0 Å². The van der Waals surface area contributed by atoms with Crippen LogP contribution in [0.25, 0.3) is 0 Å². The van der Waals surface area contributed by atoms with Crippen LogP contribution in [0.3, 0.4) is 0 Å². The van der Waals surface area contributed by atoms with Crippen LogP contribution in [0.15, 0.2) is 36.4 Å². The van der Waals surface area contributed by atoms with Crippen LogP contribution in [-0.4, -0.2) is 102 Å². The fourth-order valence-corrected chi connectivity index (χ4v) is 5.19. The van der Waals surface area contributed by atoms with E-state index < -0.39 is 5.97 Å². The van der Waals surface area contributed by atoms with Gasteiger partial charge in [0.05, 0.1) is 45.7 Å². The van der Waals surface area contributed by atoms with Crippen LogP contribution < -0.4 is 18.9 Å². The number of carbonyl (C=O) groups is 2. The summed E-state index contributed by atoms with van der Waals surface area (Å²) in [5.41, 5.74) is 0.829. The fourth-order valence-electron chi connectivity index (χ4n) is 5.19. The standard InChI is InChI=1S/C31H42N2O8/c1-36-25-10-8-23(9-11-25)31(35)41-26-7-4-19-39-28-22-24(21-27(37-2)29(28)38-3)30(34)40-20-6-15-32-13-5-14-33(16-12-26)18-17-32/h8-11,21-22,26H,4-7,12-20H2,1-3H3. The van der Waals surface area contributed by atoms with E-state index in [2.05, 4.69) is 9.80 Å². The Morgan fingerprint density at radius 3 is 2.20 bits per heavy atom. The lowest BCUT2D eigenvalue weighted by Crippen LogP contribution is -2.34. The van der Waals surface area contributed by atoms with Crippen molar-refractivity contribution in [2.45, 2.75) is 38.2 Å². The van der Waals surface area contributed by atoms with Gasteiger partial charge in [-0.2, -0.15) is 0 Å². The molecule has 3 atom stereocenters. The predicted molar refractivity (Wildman–Crippen MR) is 153 cm³/mol. The second-order valence-electron chi connectivity index (χ2n) is 10.3. The summed E-state index contributed by atoms with van der Waals surface area (Å²) >= 11 is 0. The van der Waals surface area contributed by atoms with Crippen LogP contribution in [0.4, 0.5) is 0 Å². The molecule has 0 aromatic heterocycles. The number of ether oxygens (including phenoxy) is 6. The first kappa shape index (κ1) is 30.5. The number of fused-ring (bicyclic) bond motifs is 5. The highest BCUT2D eigenvalue weighted by atomic mass is 16.5. The van der Waals surface area contributed by atoms with Crippen molar-refractivity contribution in [3.63, 3.8) is 0 Å². The summed E-state index contributed by atoms with van der Waals surface area (Å²) in [6.45, 7) is 6.31. The third-order valence-electron chi connectivity index (χ3n) is 7.51. The van der Waals surface area contributed by atoms with Crippen molar-refractivity contribution in [1.29, 1.82) is 0 Å². The Balaban J connectivity index is 1.50. The topological polar surface area (TPSA) is 96.0 Å². The lowest BCUT2D eigenvalue weighted by molar-refractivity contribution is 0.0221. The minimum absolute atomic E-state index is 0.271. The SMILES string of the molecule is COc1ccc(C(=O)OC2CCCOc3cc(cc(OC)c3OC)C(=O)OCCCN3CCCN(CC2)CC3)cc1. The zero-order chi connectivity index (χ0) is 29.0. The summed E-state index contributed by atoms with van der Waals surface area (Å²) in [6.07, 6.45) is 3.55. The molecule has 1 saturated heterocycles. The predicted octanol–water partition coefficient (Wildman–Crippen LogP) is 4.06. The molecule has 0 spiro atoms. The van der Waals surface area contributed by atoms with Gasteiger partial charge in [0.15, 0.2) is 11.5 Å². The molecule has 224 valence electrons. The second-order valence-corrected chi connectivity index (χ2v) is 10.3. The molecule has 41 heavy (non-hydrogen) atoms. The summed E-state index contributed by atoms with van der Waals surface area (Å²) in [6, 6.07) is 10.2. The molecule has 0 aliphatic carbocycles. The molecule has 2 heterocycles. The van der Waals surface area contributed by atoms with Gasteiger partial charge in [0.2, 0.25) is 5.75 Å². The summed E-state index contributed by atoms with van der Waals surface area (Å²) < 4.78 is 33.8. The monoisotopic (exact) mass is 570 g/mol. The Kier molecular flexibility index (Phi) is 11.5. The highest BCUT2D eigenvalue weighted by Crippen LogP contribution is 2.39. The van der Waals surface area contributed by atoms with Crippen LogP contribution in [-0.2, 0) is 9.47 Å². The van der Waals surface area contributed by atoms with E-state index in [-0.39, 0.29) is 12.1 Å². The third-order valence-corrected chi connectivity index (χ3v) is 7.51. The lowest BCUT2D eigenvalue weighted by Gasteiger charge is -2.24. The van der Waals surface area contributed by atoms with Gasteiger partial charge < -0.3 is 38.2 Å². The Bertz CT molecular complexity index is 1140. The van der Waals surface area contributed by atoms with Crippen molar-refractivity contribution in [2.24, 2.45) is 0 Å². The minimum atomic E-state index is -0.429. The molecule has 0 saturated carbocycles. The highest BCUT2D eigenvalue weighted by Gasteiger charge is 2.22. The van der Waals surface area contributed by atoms with E-state index in [0.29, 0.717) is 60.2 Å². The van der Waals surface area contributed by atoms with Crippen molar-refractivity contribution in [3.05, 3.63) is 47.5 Å². The van der Waals surface area contributed by atoms with Crippen LogP contribution in [0, 0.1) is 0 Å². The number of esters is 2. The molecule has 2 aromatic rings. The summed E-state index contributed by atoms with van der Waals surface area (Å²) in [4.78, 5) is 30.7. The van der Waals surface area contributed by atoms with E-state index in [4.69, 9.17) is 28.4 Å². The van der Waals surface area contributed by atoms with Crippen molar-refractivity contribution in [2.75, 3.05) is 73.8 Å². The average Bonchev–Trinajstić information content (AvgIpc) is 3.24. The molecule has 2 aromatic carbocycles. The first-order valence-electron chi connectivity index (χ1n) is 14.4. The van der Waals surface area contributed by atoms with E-state index in [0.717, 1.165) is 58.5 Å². The molecule has 0 N–H and O–H groups in total. The van der Waals surface area contributed by atoms with Gasteiger partial charge in [0.1, 0.15) is 11.9 Å². The fraction of sp³-hybridized carbons (Fsp3) is 0.548. The van der Waals surface area contributed by atoms with E-state index in [1.54, 1.807) is 43.5 Å². The van der Waals surface area contributed by atoms with Gasteiger partial charge in [-0.25, -0.2) is 9.59 Å². The van der Waals surface area contributed by atoms with Crippen LogP contribution in [0.2, 0.25) is 0 Å². The van der Waals surface area contributed by atoms with Crippen LogP contribution in [0.1, 0.15) is 52.8 Å². The number of hydrogen-bond acceptors (Lipinski definition) is 10. The molecule has 2 aliphatic rings. The molecule has 3 unspecified atom stereocenters. The Labute approximate surface area is 242 Å². The Hall–Kier alpha value is -3.50. The number of hydrogen-bond donors (Lipinski definition) is 0. The number of cyclic esters (lactones) is 1. The summed E-state index contributed by atoms with van der Waals surface area (Å²) in [7, 11) is 4.64. The van der Waals surface area contributed by atoms with Crippen molar-refractivity contribution < 1.29 is 38.0 Å². The van der Waals surface area contributed by atoms with Crippen molar-refractivity contribution in [3.8, 4) is 23.0 Å². The highest BCUT2D eigenvalue weighted by molar-refractivity contribution is 5.91. The smallest absolute Gasteiger partial charge is 0.338 e. The summed E-state index contributed by atoms with van der Waals surface area (Å²) in [5, 5.41) is 0. The van der Waals surface area contributed by atoms with Gasteiger partial charge in [-0.1, -0.05) is 0 Å². The van der Waals surface area contributed by atoms with E-state index in [1.165, 1.54) is 14.2 Å². The molecule has 0 amide bonds. The lowest BCUT2D eigenvalue weighted by atomic mass is 10.1. The molecule has 2 aliphatic heterocycles. The van der Waals surface area contributed by atoms with E-state index in [9.17, 15) is 9.59 Å². The van der Waals surface area contributed by atoms with Gasteiger partial charge in [0.25, 0.3) is 0 Å². The molecule has 4 bridgehead atoms. The normalized spacial score (nSPS) is 22.5. The molecule has 0 radical (unpaired) electrons. The molecular weight excluding hydrogens is 528 g/mol. The molecular formula is C31H42N2O8. The first-order valence-corrected chi connectivity index (χ1v) is 14.4.